The van der Waals surface area contributed by atoms with Gasteiger partial charge in [-0.3, -0.25) is 0 Å². The zero-order valence-electron chi connectivity index (χ0n) is 9.13. The summed E-state index contributed by atoms with van der Waals surface area (Å²) in [7, 11) is 0. The minimum absolute atomic E-state index is 0.790. The van der Waals surface area contributed by atoms with E-state index in [0.717, 1.165) is 18.4 Å². The summed E-state index contributed by atoms with van der Waals surface area (Å²) < 4.78 is 0. The molecule has 1 heterocycles. The summed E-state index contributed by atoms with van der Waals surface area (Å²) in [6.45, 7) is 9.27. The second-order valence-electron chi connectivity index (χ2n) is 4.25. The number of hydrogen-bond acceptors (Lipinski definition) is 2. The summed E-state index contributed by atoms with van der Waals surface area (Å²) in [5.41, 5.74) is 5.77. The van der Waals surface area contributed by atoms with Crippen LogP contribution in [0.25, 0.3) is 0 Å². The van der Waals surface area contributed by atoms with Crippen LogP contribution >= 0.6 is 0 Å². The molecule has 0 aromatic rings. The molecule has 0 aromatic carbocycles. The second-order valence-corrected chi connectivity index (χ2v) is 4.25. The van der Waals surface area contributed by atoms with E-state index in [4.69, 9.17) is 5.73 Å². The van der Waals surface area contributed by atoms with Gasteiger partial charge in [0.1, 0.15) is 0 Å². The first-order valence-corrected chi connectivity index (χ1v) is 5.74. The van der Waals surface area contributed by atoms with Crippen molar-refractivity contribution in [3.05, 3.63) is 0 Å². The van der Waals surface area contributed by atoms with Crippen molar-refractivity contribution in [1.29, 1.82) is 0 Å². The van der Waals surface area contributed by atoms with E-state index >= 15 is 0 Å². The van der Waals surface area contributed by atoms with Gasteiger partial charge in [0.15, 0.2) is 0 Å². The lowest BCUT2D eigenvalue weighted by Crippen LogP contribution is -2.42. The average molecular weight is 184 g/mol. The van der Waals surface area contributed by atoms with Crippen LogP contribution in [0.1, 0.15) is 33.1 Å². The molecule has 2 atom stereocenters. The lowest BCUT2D eigenvalue weighted by molar-refractivity contribution is 0.120. The molecule has 1 aliphatic heterocycles. The average Bonchev–Trinajstić information content (AvgIpc) is 2.18. The summed E-state index contributed by atoms with van der Waals surface area (Å²) >= 11 is 0. The highest BCUT2D eigenvalue weighted by Crippen LogP contribution is 2.25. The topological polar surface area (TPSA) is 29.3 Å². The molecule has 0 bridgehead atoms. The molecule has 0 aromatic heterocycles. The maximum atomic E-state index is 5.77. The molecule has 0 spiro atoms. The van der Waals surface area contributed by atoms with Gasteiger partial charge >= 0.3 is 0 Å². The van der Waals surface area contributed by atoms with Crippen molar-refractivity contribution < 1.29 is 0 Å². The van der Waals surface area contributed by atoms with E-state index in [2.05, 4.69) is 18.7 Å². The Kier molecular flexibility index (Phi) is 4.74. The van der Waals surface area contributed by atoms with E-state index in [0.29, 0.717) is 0 Å². The highest BCUT2D eigenvalue weighted by Gasteiger charge is 2.26. The van der Waals surface area contributed by atoms with Crippen molar-refractivity contribution in [3.8, 4) is 0 Å². The van der Waals surface area contributed by atoms with Crippen LogP contribution < -0.4 is 5.73 Å². The molecule has 1 aliphatic rings. The van der Waals surface area contributed by atoms with Gasteiger partial charge in [-0.15, -0.1) is 0 Å². The summed E-state index contributed by atoms with van der Waals surface area (Å²) in [6, 6.07) is 0. The largest absolute Gasteiger partial charge is 0.330 e. The number of likely N-dealkylation sites (tertiary alicyclic amines) is 1. The number of piperidine rings is 1. The normalized spacial score (nSPS) is 30.7. The molecule has 0 aliphatic carbocycles. The molecule has 2 heteroatoms. The van der Waals surface area contributed by atoms with E-state index in [1.807, 2.05) is 0 Å². The van der Waals surface area contributed by atoms with Gasteiger partial charge in [-0.25, -0.2) is 0 Å². The minimum atomic E-state index is 0.790. The van der Waals surface area contributed by atoms with Crippen molar-refractivity contribution in [2.45, 2.75) is 33.1 Å². The standard InChI is InChI=1S/C11H24N2/c1-3-6-13-7-5-11(8-12)10(4-2)9-13/h10-11H,3-9,12H2,1-2H3. The number of nitrogens with two attached hydrogens (primary N) is 1. The highest BCUT2D eigenvalue weighted by molar-refractivity contribution is 4.79. The summed E-state index contributed by atoms with van der Waals surface area (Å²) in [4.78, 5) is 2.60. The van der Waals surface area contributed by atoms with Gasteiger partial charge in [0.05, 0.1) is 0 Å². The number of nitrogens with zero attached hydrogens (tertiary/aromatic N) is 1. The molecule has 1 rings (SSSR count). The van der Waals surface area contributed by atoms with E-state index in [9.17, 15) is 0 Å². The smallest absolute Gasteiger partial charge is 0.00127 e. The monoisotopic (exact) mass is 184 g/mol. The quantitative estimate of drug-likeness (QED) is 0.720. The SMILES string of the molecule is CCCN1CCC(CN)C(CC)C1. The third-order valence-corrected chi connectivity index (χ3v) is 3.34. The number of rotatable bonds is 4. The minimum Gasteiger partial charge on any atom is -0.330 e. The van der Waals surface area contributed by atoms with Crippen LogP contribution in [0.2, 0.25) is 0 Å². The maximum absolute atomic E-state index is 5.77. The Morgan fingerprint density at radius 3 is 2.62 bits per heavy atom. The van der Waals surface area contributed by atoms with Crippen LogP contribution in [0.5, 0.6) is 0 Å². The van der Waals surface area contributed by atoms with Crippen LogP contribution in [-0.4, -0.2) is 31.1 Å². The molecule has 13 heavy (non-hydrogen) atoms. The predicted octanol–water partition coefficient (Wildman–Crippen LogP) is 1.70. The molecular formula is C11H24N2. The van der Waals surface area contributed by atoms with Crippen LogP contribution in [0.4, 0.5) is 0 Å². The molecule has 1 saturated heterocycles. The van der Waals surface area contributed by atoms with E-state index in [-0.39, 0.29) is 0 Å². The first kappa shape index (κ1) is 11.0. The molecule has 2 nitrogen and oxygen atoms in total. The van der Waals surface area contributed by atoms with Crippen molar-refractivity contribution in [1.82, 2.24) is 4.90 Å². The van der Waals surface area contributed by atoms with E-state index in [1.165, 1.54) is 38.9 Å². The third kappa shape index (κ3) is 2.96. The fourth-order valence-corrected chi connectivity index (χ4v) is 2.45. The summed E-state index contributed by atoms with van der Waals surface area (Å²) in [5, 5.41) is 0. The Hall–Kier alpha value is -0.0800. The molecule has 2 N–H and O–H groups in total. The van der Waals surface area contributed by atoms with Gasteiger partial charge in [-0.1, -0.05) is 20.3 Å². The first-order valence-electron chi connectivity index (χ1n) is 5.74. The van der Waals surface area contributed by atoms with Gasteiger partial charge in [-0.2, -0.15) is 0 Å². The van der Waals surface area contributed by atoms with E-state index in [1.54, 1.807) is 0 Å². The van der Waals surface area contributed by atoms with Crippen molar-refractivity contribution in [2.24, 2.45) is 17.6 Å². The summed E-state index contributed by atoms with van der Waals surface area (Å²) in [6.07, 6.45) is 3.89. The van der Waals surface area contributed by atoms with Crippen molar-refractivity contribution >= 4 is 0 Å². The molecule has 78 valence electrons. The Morgan fingerprint density at radius 1 is 1.31 bits per heavy atom. The molecule has 0 radical (unpaired) electrons. The van der Waals surface area contributed by atoms with Gasteiger partial charge in [0, 0.05) is 6.54 Å². The van der Waals surface area contributed by atoms with Crippen LogP contribution in [0.3, 0.4) is 0 Å². The Morgan fingerprint density at radius 2 is 2.08 bits per heavy atom. The Labute approximate surface area is 82.5 Å². The lowest BCUT2D eigenvalue weighted by atomic mass is 9.84. The first-order chi connectivity index (χ1) is 6.31. The fraction of sp³-hybridized carbons (Fsp3) is 1.00. The zero-order chi connectivity index (χ0) is 9.68. The van der Waals surface area contributed by atoms with Gasteiger partial charge in [0.25, 0.3) is 0 Å². The van der Waals surface area contributed by atoms with Crippen LogP contribution in [0.15, 0.2) is 0 Å². The van der Waals surface area contributed by atoms with Gasteiger partial charge in [0.2, 0.25) is 0 Å². The zero-order valence-corrected chi connectivity index (χ0v) is 9.13. The molecule has 2 unspecified atom stereocenters. The molecule has 0 amide bonds. The van der Waals surface area contributed by atoms with Crippen LogP contribution in [-0.2, 0) is 0 Å². The lowest BCUT2D eigenvalue weighted by Gasteiger charge is -2.37. The van der Waals surface area contributed by atoms with Crippen LogP contribution in [0, 0.1) is 11.8 Å². The molecule has 1 fully saturated rings. The Bertz CT molecular complexity index is 136. The van der Waals surface area contributed by atoms with Crippen molar-refractivity contribution in [3.63, 3.8) is 0 Å². The maximum Gasteiger partial charge on any atom is 0.00127 e. The van der Waals surface area contributed by atoms with Crippen molar-refractivity contribution in [2.75, 3.05) is 26.2 Å². The third-order valence-electron chi connectivity index (χ3n) is 3.34. The fourth-order valence-electron chi connectivity index (χ4n) is 2.45. The van der Waals surface area contributed by atoms with E-state index < -0.39 is 0 Å². The molecule has 0 saturated carbocycles. The van der Waals surface area contributed by atoms with Gasteiger partial charge < -0.3 is 10.6 Å². The summed E-state index contributed by atoms with van der Waals surface area (Å²) in [5.74, 6) is 1.64. The Balaban J connectivity index is 2.38. The van der Waals surface area contributed by atoms with Gasteiger partial charge in [-0.05, 0) is 44.3 Å². The molecular weight excluding hydrogens is 160 g/mol. The second kappa shape index (κ2) is 5.61. The predicted molar refractivity (Wildman–Crippen MR) is 57.7 cm³/mol. The number of hydrogen-bond donors (Lipinski definition) is 1. The highest BCUT2D eigenvalue weighted by atomic mass is 15.1.